The Hall–Kier alpha value is -2.00. The van der Waals surface area contributed by atoms with Gasteiger partial charge in [-0.1, -0.05) is 23.7 Å². The van der Waals surface area contributed by atoms with E-state index in [2.05, 4.69) is 33.0 Å². The Balaban J connectivity index is 1.35. The van der Waals surface area contributed by atoms with E-state index in [9.17, 15) is 8.42 Å². The summed E-state index contributed by atoms with van der Waals surface area (Å²) in [4.78, 5) is 9.39. The number of hydrogen-bond acceptors (Lipinski definition) is 6. The maximum atomic E-state index is 11.8. The van der Waals surface area contributed by atoms with Crippen molar-refractivity contribution >= 4 is 27.1 Å². The normalized spacial score (nSPS) is 22.1. The molecular weight excluding hydrogens is 458 g/mol. The van der Waals surface area contributed by atoms with Crippen LogP contribution in [0.25, 0.3) is 5.65 Å². The van der Waals surface area contributed by atoms with E-state index in [1.807, 2.05) is 29.8 Å². The van der Waals surface area contributed by atoms with Gasteiger partial charge in [-0.15, -0.1) is 0 Å². The number of hydrogen-bond donors (Lipinski definition) is 0. The molecule has 176 valence electrons. The van der Waals surface area contributed by atoms with Crippen LogP contribution in [0.3, 0.4) is 0 Å². The van der Waals surface area contributed by atoms with E-state index in [-0.39, 0.29) is 11.5 Å². The molecule has 1 atom stereocenters. The smallest absolute Gasteiger partial charge is 0.160 e. The Bertz CT molecular complexity index is 1230. The van der Waals surface area contributed by atoms with Crippen molar-refractivity contribution in [3.63, 3.8) is 0 Å². The largest absolute Gasteiger partial charge is 0.298 e. The van der Waals surface area contributed by atoms with Gasteiger partial charge in [0.05, 0.1) is 22.9 Å². The van der Waals surface area contributed by atoms with Gasteiger partial charge in [0.2, 0.25) is 0 Å². The summed E-state index contributed by atoms with van der Waals surface area (Å²) < 4.78 is 25.6. The van der Waals surface area contributed by atoms with E-state index < -0.39 is 9.84 Å². The first kappa shape index (κ1) is 22.8. The van der Waals surface area contributed by atoms with Gasteiger partial charge in [0.1, 0.15) is 0 Å². The fourth-order valence-corrected chi connectivity index (χ4v) is 6.43. The third kappa shape index (κ3) is 5.09. The summed E-state index contributed by atoms with van der Waals surface area (Å²) in [6.45, 7) is 6.86. The monoisotopic (exact) mass is 487 g/mol. The lowest BCUT2D eigenvalue weighted by molar-refractivity contribution is 0.197. The van der Waals surface area contributed by atoms with Crippen molar-refractivity contribution in [1.82, 2.24) is 24.4 Å². The molecule has 2 fully saturated rings. The van der Waals surface area contributed by atoms with Gasteiger partial charge >= 0.3 is 0 Å². The van der Waals surface area contributed by atoms with Gasteiger partial charge in [-0.25, -0.2) is 17.9 Å². The van der Waals surface area contributed by atoms with Crippen molar-refractivity contribution < 1.29 is 8.42 Å². The van der Waals surface area contributed by atoms with Crippen LogP contribution in [0.2, 0.25) is 5.02 Å². The van der Waals surface area contributed by atoms with Crippen LogP contribution in [0.15, 0.2) is 36.5 Å². The second-order valence-electron chi connectivity index (χ2n) is 9.30. The molecule has 1 aromatic carbocycles. The maximum absolute atomic E-state index is 11.8. The Morgan fingerprint density at radius 1 is 1.03 bits per heavy atom. The molecule has 2 aliphatic heterocycles. The summed E-state index contributed by atoms with van der Waals surface area (Å²) in [5, 5.41) is 5.65. The minimum atomic E-state index is -2.89. The summed E-state index contributed by atoms with van der Waals surface area (Å²) in [5.74, 6) is 0.856. The first-order valence-corrected chi connectivity index (χ1v) is 13.8. The highest BCUT2D eigenvalue weighted by Gasteiger charge is 2.27. The standard InChI is InChI=1S/C24H30ClN5O2S/c1-18-22(17-28-11-13-33(31,32)14-12-28)24-26-9-8-23(30(24)27-18)20-3-2-10-29(16-20)15-19-4-6-21(25)7-5-19/h4-9,20H,2-3,10-17H2,1H3. The second kappa shape index (κ2) is 9.33. The highest BCUT2D eigenvalue weighted by atomic mass is 35.5. The summed E-state index contributed by atoms with van der Waals surface area (Å²) in [7, 11) is -2.89. The molecule has 3 aromatic rings. The number of piperidine rings is 1. The minimum Gasteiger partial charge on any atom is -0.298 e. The quantitative estimate of drug-likeness (QED) is 0.550. The number of aryl methyl sites for hydroxylation is 1. The Kier molecular flexibility index (Phi) is 6.44. The van der Waals surface area contributed by atoms with E-state index >= 15 is 0 Å². The Morgan fingerprint density at radius 2 is 1.79 bits per heavy atom. The van der Waals surface area contributed by atoms with Crippen LogP contribution in [0.5, 0.6) is 0 Å². The third-order valence-electron chi connectivity index (χ3n) is 6.91. The zero-order valence-corrected chi connectivity index (χ0v) is 20.5. The molecule has 9 heteroatoms. The molecule has 2 aromatic heterocycles. The molecule has 2 saturated heterocycles. The topological polar surface area (TPSA) is 70.8 Å². The van der Waals surface area contributed by atoms with Gasteiger partial charge in [-0.05, 0) is 50.1 Å². The number of likely N-dealkylation sites (tertiary alicyclic amines) is 1. The molecule has 2 aliphatic rings. The van der Waals surface area contributed by atoms with Crippen LogP contribution in [0, 0.1) is 6.92 Å². The van der Waals surface area contributed by atoms with Crippen molar-refractivity contribution in [3.05, 3.63) is 64.1 Å². The van der Waals surface area contributed by atoms with Crippen molar-refractivity contribution in [2.45, 2.75) is 38.8 Å². The minimum absolute atomic E-state index is 0.232. The average Bonchev–Trinajstić information content (AvgIpc) is 3.12. The van der Waals surface area contributed by atoms with Crippen molar-refractivity contribution in [3.8, 4) is 0 Å². The molecule has 7 nitrogen and oxygen atoms in total. The lowest BCUT2D eigenvalue weighted by Gasteiger charge is -2.33. The zero-order chi connectivity index (χ0) is 23.0. The number of rotatable bonds is 5. The first-order chi connectivity index (χ1) is 15.9. The van der Waals surface area contributed by atoms with E-state index in [1.165, 1.54) is 11.3 Å². The number of aromatic nitrogens is 3. The summed E-state index contributed by atoms with van der Waals surface area (Å²) in [6.07, 6.45) is 4.18. The molecule has 5 rings (SSSR count). The van der Waals surface area contributed by atoms with Gasteiger partial charge in [0.15, 0.2) is 15.5 Å². The number of fused-ring (bicyclic) bond motifs is 1. The number of sulfone groups is 1. The first-order valence-electron chi connectivity index (χ1n) is 11.6. The van der Waals surface area contributed by atoms with Crippen LogP contribution >= 0.6 is 11.6 Å². The Labute approximate surface area is 200 Å². The molecule has 1 unspecified atom stereocenters. The highest BCUT2D eigenvalue weighted by molar-refractivity contribution is 7.91. The third-order valence-corrected chi connectivity index (χ3v) is 8.77. The van der Waals surface area contributed by atoms with Gasteiger partial charge in [0, 0.05) is 55.4 Å². The average molecular weight is 488 g/mol. The molecule has 0 bridgehead atoms. The van der Waals surface area contributed by atoms with Crippen molar-refractivity contribution in [1.29, 1.82) is 0 Å². The van der Waals surface area contributed by atoms with Crippen LogP contribution in [-0.2, 0) is 22.9 Å². The summed E-state index contributed by atoms with van der Waals surface area (Å²) in [5.41, 5.74) is 5.45. The molecule has 4 heterocycles. The van der Waals surface area contributed by atoms with Crippen LogP contribution in [-0.4, -0.2) is 70.5 Å². The van der Waals surface area contributed by atoms with E-state index in [0.29, 0.717) is 25.6 Å². The predicted molar refractivity (Wildman–Crippen MR) is 130 cm³/mol. The zero-order valence-electron chi connectivity index (χ0n) is 19.0. The summed E-state index contributed by atoms with van der Waals surface area (Å²) in [6, 6.07) is 10.2. The number of benzene rings is 1. The highest BCUT2D eigenvalue weighted by Crippen LogP contribution is 2.29. The summed E-state index contributed by atoms with van der Waals surface area (Å²) >= 11 is 6.04. The van der Waals surface area contributed by atoms with Crippen LogP contribution in [0.1, 0.15) is 41.3 Å². The van der Waals surface area contributed by atoms with Crippen molar-refractivity contribution in [2.75, 3.05) is 37.7 Å². The van der Waals surface area contributed by atoms with E-state index in [0.717, 1.165) is 54.4 Å². The molecule has 0 amide bonds. The molecule has 0 spiro atoms. The lowest BCUT2D eigenvalue weighted by atomic mass is 9.94. The number of nitrogens with zero attached hydrogens (tertiary/aromatic N) is 5. The molecule has 0 aliphatic carbocycles. The predicted octanol–water partition coefficient (Wildman–Crippen LogP) is 3.30. The van der Waals surface area contributed by atoms with Crippen molar-refractivity contribution in [2.24, 2.45) is 0 Å². The number of halogens is 1. The molecule has 33 heavy (non-hydrogen) atoms. The van der Waals surface area contributed by atoms with Gasteiger partial charge < -0.3 is 0 Å². The molecule has 0 N–H and O–H groups in total. The van der Waals surface area contributed by atoms with Gasteiger partial charge in [-0.3, -0.25) is 9.80 Å². The molecule has 0 saturated carbocycles. The van der Waals surface area contributed by atoms with Crippen LogP contribution < -0.4 is 0 Å². The second-order valence-corrected chi connectivity index (χ2v) is 12.0. The van der Waals surface area contributed by atoms with Gasteiger partial charge in [0.25, 0.3) is 0 Å². The van der Waals surface area contributed by atoms with E-state index in [4.69, 9.17) is 16.7 Å². The van der Waals surface area contributed by atoms with E-state index in [1.54, 1.807) is 0 Å². The molecule has 0 radical (unpaired) electrons. The Morgan fingerprint density at radius 3 is 2.55 bits per heavy atom. The SMILES string of the molecule is Cc1nn2c(C3CCCN(Cc4ccc(Cl)cc4)C3)ccnc2c1CN1CCS(=O)(=O)CC1. The lowest BCUT2D eigenvalue weighted by Crippen LogP contribution is -2.39. The fraction of sp³-hybridized carbons (Fsp3) is 0.500. The van der Waals surface area contributed by atoms with Gasteiger partial charge in [-0.2, -0.15) is 5.10 Å². The fourth-order valence-electron chi connectivity index (χ4n) is 5.03. The maximum Gasteiger partial charge on any atom is 0.160 e. The molecular formula is C24H30ClN5O2S. The van der Waals surface area contributed by atoms with Crippen LogP contribution in [0.4, 0.5) is 0 Å².